The molecule has 114 valence electrons. The molecule has 0 aromatic heterocycles. The van der Waals surface area contributed by atoms with Crippen molar-refractivity contribution in [1.29, 1.82) is 0 Å². The molecule has 6 heteroatoms. The smallest absolute Gasteiger partial charge is 0.317 e. The van der Waals surface area contributed by atoms with Gasteiger partial charge in [-0.05, 0) is 19.3 Å². The van der Waals surface area contributed by atoms with Gasteiger partial charge in [0.2, 0.25) is 0 Å². The van der Waals surface area contributed by atoms with E-state index in [2.05, 4.69) is 5.32 Å². The van der Waals surface area contributed by atoms with Gasteiger partial charge in [0, 0.05) is 13.7 Å². The van der Waals surface area contributed by atoms with Crippen molar-refractivity contribution in [2.45, 2.75) is 56.5 Å². The quantitative estimate of drug-likeness (QED) is 0.821. The number of urea groups is 1. The summed E-state index contributed by atoms with van der Waals surface area (Å²) in [7, 11) is 1.76. The highest BCUT2D eigenvalue weighted by Gasteiger charge is 2.37. The second-order valence-electron chi connectivity index (χ2n) is 5.97. The third-order valence-electron chi connectivity index (χ3n) is 4.45. The number of carbonyl (C=O) groups is 2. The molecule has 1 heterocycles. The van der Waals surface area contributed by atoms with Gasteiger partial charge >= 0.3 is 12.0 Å². The standard InChI is InChI=1S/C14H24N2O4/c1-16(11-5-8-20-10-11)13(19)15-14(9-12(17)18)6-3-2-4-7-14/h11H,2-10H2,1H3,(H,15,19)(H,17,18). The molecule has 2 N–H and O–H groups in total. The van der Waals surface area contributed by atoms with Crippen molar-refractivity contribution in [2.24, 2.45) is 0 Å². The summed E-state index contributed by atoms with van der Waals surface area (Å²) in [5, 5.41) is 12.1. The van der Waals surface area contributed by atoms with Gasteiger partial charge in [-0.1, -0.05) is 19.3 Å². The van der Waals surface area contributed by atoms with Crippen molar-refractivity contribution >= 4 is 12.0 Å². The SMILES string of the molecule is CN(C(=O)NC1(CC(=O)O)CCCCC1)C1CCOC1. The Morgan fingerprint density at radius 1 is 1.35 bits per heavy atom. The van der Waals surface area contributed by atoms with E-state index in [1.54, 1.807) is 11.9 Å². The van der Waals surface area contributed by atoms with Gasteiger partial charge < -0.3 is 20.1 Å². The molecule has 2 rings (SSSR count). The second-order valence-corrected chi connectivity index (χ2v) is 5.97. The van der Waals surface area contributed by atoms with Crippen molar-refractivity contribution in [1.82, 2.24) is 10.2 Å². The summed E-state index contributed by atoms with van der Waals surface area (Å²) in [5.41, 5.74) is -0.575. The van der Waals surface area contributed by atoms with Crippen molar-refractivity contribution < 1.29 is 19.4 Å². The fourth-order valence-electron chi connectivity index (χ4n) is 3.17. The Kier molecular flexibility index (Phi) is 4.86. The first-order valence-electron chi connectivity index (χ1n) is 7.37. The summed E-state index contributed by atoms with van der Waals surface area (Å²) in [6.07, 6.45) is 5.42. The highest BCUT2D eigenvalue weighted by atomic mass is 16.5. The number of carbonyl (C=O) groups excluding carboxylic acids is 1. The molecular formula is C14H24N2O4. The molecule has 0 aromatic carbocycles. The van der Waals surface area contributed by atoms with E-state index >= 15 is 0 Å². The van der Waals surface area contributed by atoms with E-state index in [4.69, 9.17) is 9.84 Å². The molecule has 0 radical (unpaired) electrons. The van der Waals surface area contributed by atoms with E-state index in [0.717, 1.165) is 38.5 Å². The fraction of sp³-hybridized carbons (Fsp3) is 0.857. The number of likely N-dealkylation sites (N-methyl/N-ethyl adjacent to an activating group) is 1. The Morgan fingerprint density at radius 3 is 2.60 bits per heavy atom. The molecule has 1 aliphatic carbocycles. The Bertz CT molecular complexity index is 360. The molecule has 1 aliphatic heterocycles. The molecule has 1 atom stereocenters. The first-order valence-corrected chi connectivity index (χ1v) is 7.37. The molecular weight excluding hydrogens is 260 g/mol. The highest BCUT2D eigenvalue weighted by Crippen LogP contribution is 2.31. The fourth-order valence-corrected chi connectivity index (χ4v) is 3.17. The summed E-state index contributed by atoms with van der Waals surface area (Å²) >= 11 is 0. The normalized spacial score (nSPS) is 25.1. The molecule has 1 saturated heterocycles. The first kappa shape index (κ1) is 15.1. The van der Waals surface area contributed by atoms with Crippen molar-refractivity contribution in [3.05, 3.63) is 0 Å². The number of aliphatic carboxylic acids is 1. The lowest BCUT2D eigenvalue weighted by molar-refractivity contribution is -0.139. The van der Waals surface area contributed by atoms with Crippen LogP contribution in [0.4, 0.5) is 4.79 Å². The van der Waals surface area contributed by atoms with E-state index in [9.17, 15) is 9.59 Å². The van der Waals surface area contributed by atoms with E-state index < -0.39 is 11.5 Å². The number of hydrogen-bond acceptors (Lipinski definition) is 3. The maximum Gasteiger partial charge on any atom is 0.317 e. The van der Waals surface area contributed by atoms with Crippen LogP contribution in [0.5, 0.6) is 0 Å². The van der Waals surface area contributed by atoms with Gasteiger partial charge in [-0.3, -0.25) is 4.79 Å². The van der Waals surface area contributed by atoms with Gasteiger partial charge in [0.25, 0.3) is 0 Å². The van der Waals surface area contributed by atoms with Crippen LogP contribution in [0.3, 0.4) is 0 Å². The average molecular weight is 284 g/mol. The van der Waals surface area contributed by atoms with Crippen molar-refractivity contribution in [3.63, 3.8) is 0 Å². The Hall–Kier alpha value is -1.30. The minimum Gasteiger partial charge on any atom is -0.481 e. The van der Waals surface area contributed by atoms with Gasteiger partial charge in [-0.15, -0.1) is 0 Å². The maximum absolute atomic E-state index is 12.4. The van der Waals surface area contributed by atoms with Crippen LogP contribution in [-0.4, -0.2) is 53.8 Å². The topological polar surface area (TPSA) is 78.9 Å². The van der Waals surface area contributed by atoms with E-state index in [1.807, 2.05) is 0 Å². The summed E-state index contributed by atoms with van der Waals surface area (Å²) in [6.45, 7) is 1.25. The lowest BCUT2D eigenvalue weighted by Crippen LogP contribution is -2.56. The number of rotatable bonds is 4. The Labute approximate surface area is 119 Å². The average Bonchev–Trinajstić information content (AvgIpc) is 2.91. The summed E-state index contributed by atoms with van der Waals surface area (Å²) < 4.78 is 5.29. The number of nitrogens with one attached hydrogen (secondary N) is 1. The van der Waals surface area contributed by atoms with Gasteiger partial charge in [-0.25, -0.2) is 4.79 Å². The third kappa shape index (κ3) is 3.62. The lowest BCUT2D eigenvalue weighted by atomic mass is 9.79. The molecule has 0 aromatic rings. The van der Waals surface area contributed by atoms with Gasteiger partial charge in [-0.2, -0.15) is 0 Å². The van der Waals surface area contributed by atoms with Gasteiger partial charge in [0.1, 0.15) is 0 Å². The number of carboxylic acids is 1. The zero-order valence-corrected chi connectivity index (χ0v) is 12.1. The van der Waals surface area contributed by atoms with Crippen molar-refractivity contribution in [2.75, 3.05) is 20.3 Å². The predicted octanol–water partition coefficient (Wildman–Crippen LogP) is 1.59. The molecule has 2 fully saturated rings. The summed E-state index contributed by atoms with van der Waals surface area (Å²) in [4.78, 5) is 25.1. The largest absolute Gasteiger partial charge is 0.481 e. The van der Waals surface area contributed by atoms with Gasteiger partial charge in [0.05, 0.1) is 24.6 Å². The summed E-state index contributed by atoms with van der Waals surface area (Å²) in [5.74, 6) is -0.848. The highest BCUT2D eigenvalue weighted by molar-refractivity contribution is 5.77. The first-order chi connectivity index (χ1) is 9.52. The molecule has 2 amide bonds. The number of amides is 2. The van der Waals surface area contributed by atoms with Crippen LogP contribution < -0.4 is 5.32 Å². The zero-order chi connectivity index (χ0) is 14.6. The number of nitrogens with zero attached hydrogens (tertiary/aromatic N) is 1. The molecule has 0 bridgehead atoms. The van der Waals surface area contributed by atoms with Crippen LogP contribution in [0.2, 0.25) is 0 Å². The van der Waals surface area contributed by atoms with Crippen LogP contribution in [0.15, 0.2) is 0 Å². The third-order valence-corrected chi connectivity index (χ3v) is 4.45. The monoisotopic (exact) mass is 284 g/mol. The second kappa shape index (κ2) is 6.43. The van der Waals surface area contributed by atoms with Crippen LogP contribution >= 0.6 is 0 Å². The minimum atomic E-state index is -0.848. The zero-order valence-electron chi connectivity index (χ0n) is 12.1. The number of hydrogen-bond donors (Lipinski definition) is 2. The molecule has 6 nitrogen and oxygen atoms in total. The lowest BCUT2D eigenvalue weighted by Gasteiger charge is -2.39. The number of ether oxygens (including phenoxy) is 1. The molecule has 20 heavy (non-hydrogen) atoms. The van der Waals surface area contributed by atoms with E-state index in [0.29, 0.717) is 13.2 Å². The van der Waals surface area contributed by atoms with Crippen LogP contribution in [0.1, 0.15) is 44.9 Å². The Morgan fingerprint density at radius 2 is 2.05 bits per heavy atom. The van der Waals surface area contributed by atoms with E-state index in [-0.39, 0.29) is 18.5 Å². The van der Waals surface area contributed by atoms with E-state index in [1.165, 1.54) is 0 Å². The molecule has 2 aliphatic rings. The maximum atomic E-state index is 12.4. The minimum absolute atomic E-state index is 0.00769. The number of carboxylic acid groups (broad SMARTS) is 1. The van der Waals surface area contributed by atoms with Crippen LogP contribution in [0.25, 0.3) is 0 Å². The van der Waals surface area contributed by atoms with Crippen molar-refractivity contribution in [3.8, 4) is 0 Å². The predicted molar refractivity (Wildman–Crippen MR) is 73.6 cm³/mol. The van der Waals surface area contributed by atoms with Crippen LogP contribution in [-0.2, 0) is 9.53 Å². The molecule has 0 spiro atoms. The van der Waals surface area contributed by atoms with Gasteiger partial charge in [0.15, 0.2) is 0 Å². The molecule has 1 unspecified atom stereocenters. The Balaban J connectivity index is 1.98. The van der Waals surface area contributed by atoms with Crippen LogP contribution in [0, 0.1) is 0 Å². The molecule has 1 saturated carbocycles. The summed E-state index contributed by atoms with van der Waals surface area (Å²) in [6, 6.07) is -0.0795.